The van der Waals surface area contributed by atoms with Gasteiger partial charge in [0.15, 0.2) is 5.96 Å². The lowest BCUT2D eigenvalue weighted by Crippen LogP contribution is -2.47. The van der Waals surface area contributed by atoms with Crippen LogP contribution in [0.25, 0.3) is 0 Å². The molecule has 1 aliphatic heterocycles. The summed E-state index contributed by atoms with van der Waals surface area (Å²) in [6, 6.07) is 0. The summed E-state index contributed by atoms with van der Waals surface area (Å²) >= 11 is 0. The second-order valence-corrected chi connectivity index (χ2v) is 5.07. The van der Waals surface area contributed by atoms with Crippen molar-refractivity contribution in [1.82, 2.24) is 9.80 Å². The second-order valence-electron chi connectivity index (χ2n) is 5.07. The van der Waals surface area contributed by atoms with Crippen molar-refractivity contribution in [3.8, 4) is 0 Å². The van der Waals surface area contributed by atoms with E-state index >= 15 is 0 Å². The van der Waals surface area contributed by atoms with Crippen molar-refractivity contribution in [2.45, 2.75) is 32.7 Å². The molecule has 4 nitrogen and oxygen atoms in total. The molecule has 0 spiro atoms. The van der Waals surface area contributed by atoms with E-state index in [1.54, 1.807) is 0 Å². The first-order chi connectivity index (χ1) is 7.46. The molecule has 4 heteroatoms. The molecule has 0 amide bonds. The van der Waals surface area contributed by atoms with Gasteiger partial charge in [-0.2, -0.15) is 0 Å². The second kappa shape index (κ2) is 5.53. The van der Waals surface area contributed by atoms with Gasteiger partial charge in [0.2, 0.25) is 0 Å². The van der Waals surface area contributed by atoms with E-state index in [2.05, 4.69) is 44.7 Å². The van der Waals surface area contributed by atoms with Gasteiger partial charge < -0.3 is 14.5 Å². The van der Waals surface area contributed by atoms with Gasteiger partial charge in [-0.15, -0.1) is 0 Å². The molecule has 0 bridgehead atoms. The van der Waals surface area contributed by atoms with Crippen LogP contribution in [0.1, 0.15) is 27.2 Å². The standard InChI is InChI=1S/C12H25N3O/c1-6-12(2,3)13-11(14(4)5)15-7-9-16-10-8-15/h6-10H2,1-5H3. The highest BCUT2D eigenvalue weighted by atomic mass is 16.5. The van der Waals surface area contributed by atoms with E-state index in [9.17, 15) is 0 Å². The maximum Gasteiger partial charge on any atom is 0.196 e. The molecule has 0 aromatic heterocycles. The summed E-state index contributed by atoms with van der Waals surface area (Å²) < 4.78 is 5.37. The van der Waals surface area contributed by atoms with Crippen LogP contribution in [-0.2, 0) is 4.74 Å². The zero-order valence-electron chi connectivity index (χ0n) is 11.3. The third-order valence-corrected chi connectivity index (χ3v) is 2.96. The molecule has 0 N–H and O–H groups in total. The van der Waals surface area contributed by atoms with Crippen LogP contribution in [0.4, 0.5) is 0 Å². The third-order valence-electron chi connectivity index (χ3n) is 2.96. The number of hydrogen-bond donors (Lipinski definition) is 0. The SMILES string of the molecule is CCC(C)(C)N=C(N(C)C)N1CCOCC1. The van der Waals surface area contributed by atoms with Crippen LogP contribution < -0.4 is 0 Å². The van der Waals surface area contributed by atoms with Gasteiger partial charge in [0.1, 0.15) is 0 Å². The van der Waals surface area contributed by atoms with Crippen molar-refractivity contribution in [3.63, 3.8) is 0 Å². The molecule has 1 saturated heterocycles. The van der Waals surface area contributed by atoms with E-state index in [-0.39, 0.29) is 5.54 Å². The predicted octanol–water partition coefficient (Wildman–Crippen LogP) is 1.42. The number of nitrogens with zero attached hydrogens (tertiary/aromatic N) is 3. The maximum atomic E-state index is 5.37. The molecule has 1 rings (SSSR count). The molecule has 16 heavy (non-hydrogen) atoms. The molecular weight excluding hydrogens is 202 g/mol. The van der Waals surface area contributed by atoms with Crippen molar-refractivity contribution >= 4 is 5.96 Å². The fraction of sp³-hybridized carbons (Fsp3) is 0.917. The molecule has 1 fully saturated rings. The van der Waals surface area contributed by atoms with Crippen molar-refractivity contribution in [2.24, 2.45) is 4.99 Å². The number of rotatable bonds is 2. The number of hydrogen-bond acceptors (Lipinski definition) is 2. The summed E-state index contributed by atoms with van der Waals surface area (Å²) in [5.41, 5.74) is 0.0118. The molecule has 0 aromatic rings. The van der Waals surface area contributed by atoms with Crippen LogP contribution in [0.5, 0.6) is 0 Å². The summed E-state index contributed by atoms with van der Waals surface area (Å²) in [6.07, 6.45) is 1.05. The molecular formula is C12H25N3O. The number of morpholine rings is 1. The minimum Gasteiger partial charge on any atom is -0.378 e. The lowest BCUT2D eigenvalue weighted by Gasteiger charge is -2.35. The monoisotopic (exact) mass is 227 g/mol. The molecule has 94 valence electrons. The zero-order chi connectivity index (χ0) is 12.2. The largest absolute Gasteiger partial charge is 0.378 e. The highest BCUT2D eigenvalue weighted by molar-refractivity contribution is 5.80. The van der Waals surface area contributed by atoms with Crippen molar-refractivity contribution in [3.05, 3.63) is 0 Å². The predicted molar refractivity (Wildman–Crippen MR) is 67.9 cm³/mol. The first-order valence-electron chi connectivity index (χ1n) is 6.06. The van der Waals surface area contributed by atoms with Crippen molar-refractivity contribution in [1.29, 1.82) is 0 Å². The molecule has 1 heterocycles. The third kappa shape index (κ3) is 3.67. The minimum atomic E-state index is 0.0118. The molecule has 1 aliphatic rings. The van der Waals surface area contributed by atoms with Gasteiger partial charge in [-0.3, -0.25) is 0 Å². The van der Waals surface area contributed by atoms with Crippen molar-refractivity contribution < 1.29 is 4.74 Å². The van der Waals surface area contributed by atoms with E-state index in [4.69, 9.17) is 9.73 Å². The van der Waals surface area contributed by atoms with Gasteiger partial charge in [0.05, 0.1) is 18.8 Å². The lowest BCUT2D eigenvalue weighted by atomic mass is 10.0. The number of guanidine groups is 1. The Labute approximate surface area is 99.3 Å². The number of ether oxygens (including phenoxy) is 1. The van der Waals surface area contributed by atoms with Crippen LogP contribution in [-0.4, -0.2) is 61.7 Å². The summed E-state index contributed by atoms with van der Waals surface area (Å²) in [5.74, 6) is 1.08. The smallest absolute Gasteiger partial charge is 0.196 e. The van der Waals surface area contributed by atoms with Crippen LogP contribution in [0.3, 0.4) is 0 Å². The average Bonchev–Trinajstić information content (AvgIpc) is 2.27. The average molecular weight is 227 g/mol. The van der Waals surface area contributed by atoms with Crippen LogP contribution in [0.2, 0.25) is 0 Å². The number of aliphatic imine (C=N–C) groups is 1. The molecule has 0 aromatic carbocycles. The normalized spacial score (nSPS) is 18.8. The first-order valence-corrected chi connectivity index (χ1v) is 6.06. The quantitative estimate of drug-likeness (QED) is 0.527. The Morgan fingerprint density at radius 2 is 1.88 bits per heavy atom. The van der Waals surface area contributed by atoms with Crippen LogP contribution in [0.15, 0.2) is 4.99 Å². The topological polar surface area (TPSA) is 28.1 Å². The highest BCUT2D eigenvalue weighted by Crippen LogP contribution is 2.15. The van der Waals surface area contributed by atoms with E-state index in [0.29, 0.717) is 0 Å². The summed E-state index contributed by atoms with van der Waals surface area (Å²) in [5, 5.41) is 0. The van der Waals surface area contributed by atoms with Gasteiger partial charge in [-0.1, -0.05) is 6.92 Å². The highest BCUT2D eigenvalue weighted by Gasteiger charge is 2.21. The minimum absolute atomic E-state index is 0.0118. The van der Waals surface area contributed by atoms with Gasteiger partial charge in [-0.05, 0) is 20.3 Å². The van der Waals surface area contributed by atoms with Gasteiger partial charge in [0, 0.05) is 27.2 Å². The Morgan fingerprint density at radius 3 is 2.31 bits per heavy atom. The van der Waals surface area contributed by atoms with Gasteiger partial charge in [0.25, 0.3) is 0 Å². The van der Waals surface area contributed by atoms with E-state index in [1.807, 2.05) is 0 Å². The molecule has 0 atom stereocenters. The van der Waals surface area contributed by atoms with E-state index < -0.39 is 0 Å². The van der Waals surface area contributed by atoms with Gasteiger partial charge in [-0.25, -0.2) is 4.99 Å². The Balaban J connectivity index is 2.81. The first kappa shape index (κ1) is 13.3. The Hall–Kier alpha value is -0.770. The molecule has 0 aliphatic carbocycles. The molecule has 0 unspecified atom stereocenters. The zero-order valence-corrected chi connectivity index (χ0v) is 11.3. The fourth-order valence-corrected chi connectivity index (χ4v) is 1.57. The fourth-order valence-electron chi connectivity index (χ4n) is 1.57. The Morgan fingerprint density at radius 1 is 1.31 bits per heavy atom. The summed E-state index contributed by atoms with van der Waals surface area (Å²) in [7, 11) is 4.11. The van der Waals surface area contributed by atoms with Gasteiger partial charge >= 0.3 is 0 Å². The maximum absolute atomic E-state index is 5.37. The van der Waals surface area contributed by atoms with E-state index in [0.717, 1.165) is 38.7 Å². The van der Waals surface area contributed by atoms with Crippen LogP contribution in [0, 0.1) is 0 Å². The summed E-state index contributed by atoms with van der Waals surface area (Å²) in [4.78, 5) is 9.27. The molecule has 0 saturated carbocycles. The summed E-state index contributed by atoms with van der Waals surface area (Å²) in [6.45, 7) is 10.0. The Bertz CT molecular complexity index is 243. The van der Waals surface area contributed by atoms with E-state index in [1.165, 1.54) is 0 Å². The Kier molecular flexibility index (Phi) is 4.59. The van der Waals surface area contributed by atoms with Crippen molar-refractivity contribution in [2.75, 3.05) is 40.4 Å². The lowest BCUT2D eigenvalue weighted by molar-refractivity contribution is 0.0632. The molecule has 0 radical (unpaired) electrons. The van der Waals surface area contributed by atoms with Crippen LogP contribution >= 0.6 is 0 Å².